The number of hydrogen-bond donors (Lipinski definition) is 1. The molecule has 1 saturated heterocycles. The summed E-state index contributed by atoms with van der Waals surface area (Å²) in [6.45, 7) is 0.905. The number of methoxy groups -OCH3 is 1. The van der Waals surface area contributed by atoms with Gasteiger partial charge in [0.2, 0.25) is 0 Å². The maximum atomic E-state index is 6.63. The van der Waals surface area contributed by atoms with Gasteiger partial charge in [0.05, 0.1) is 23.4 Å². The van der Waals surface area contributed by atoms with Crippen molar-refractivity contribution in [3.8, 4) is 11.4 Å². The van der Waals surface area contributed by atoms with Gasteiger partial charge in [-0.15, -0.1) is 0 Å². The summed E-state index contributed by atoms with van der Waals surface area (Å²) in [7, 11) is 1.64. The van der Waals surface area contributed by atoms with Crippen LogP contribution in [-0.2, 0) is 4.74 Å². The lowest BCUT2D eigenvalue weighted by Crippen LogP contribution is -2.30. The lowest BCUT2D eigenvalue weighted by molar-refractivity contribution is 0.146. The minimum Gasteiger partial charge on any atom is -0.490 e. The second kappa shape index (κ2) is 11.0. The van der Waals surface area contributed by atoms with Crippen LogP contribution in [0, 0.1) is 0 Å². The van der Waals surface area contributed by atoms with Crippen LogP contribution in [-0.4, -0.2) is 35.0 Å². The molecular weight excluding hydrogens is 560 g/mol. The molecule has 9 heteroatoms. The SMILES string of the molecule is COCCOc1ccc(N2C(=S)N[C@H](c3ccccn3)[C@@H]2c2cccn2-c2cccc(Br)c2)cc1Cl. The van der Waals surface area contributed by atoms with Crippen LogP contribution in [0.1, 0.15) is 23.5 Å². The van der Waals surface area contributed by atoms with E-state index in [-0.39, 0.29) is 12.1 Å². The van der Waals surface area contributed by atoms with Crippen LogP contribution in [0.15, 0.2) is 89.7 Å². The molecule has 1 aliphatic rings. The van der Waals surface area contributed by atoms with Gasteiger partial charge >= 0.3 is 0 Å². The monoisotopic (exact) mass is 582 g/mol. The Balaban J connectivity index is 1.59. The van der Waals surface area contributed by atoms with Gasteiger partial charge in [0.15, 0.2) is 5.11 Å². The third-order valence-electron chi connectivity index (χ3n) is 6.01. The zero-order valence-electron chi connectivity index (χ0n) is 19.5. The van der Waals surface area contributed by atoms with E-state index in [4.69, 9.17) is 33.3 Å². The predicted octanol–water partition coefficient (Wildman–Crippen LogP) is 6.49. The van der Waals surface area contributed by atoms with Gasteiger partial charge in [-0.2, -0.15) is 0 Å². The molecule has 5 rings (SSSR count). The molecule has 2 atom stereocenters. The summed E-state index contributed by atoms with van der Waals surface area (Å²) in [4.78, 5) is 6.75. The minimum atomic E-state index is -0.183. The van der Waals surface area contributed by atoms with Gasteiger partial charge in [-0.3, -0.25) is 4.98 Å². The first kappa shape index (κ1) is 24.8. The van der Waals surface area contributed by atoms with Gasteiger partial charge in [0.1, 0.15) is 18.4 Å². The highest BCUT2D eigenvalue weighted by Gasteiger charge is 2.42. The Morgan fingerprint density at radius 2 is 1.92 bits per heavy atom. The van der Waals surface area contributed by atoms with Gasteiger partial charge in [-0.25, -0.2) is 0 Å². The Kier molecular flexibility index (Phi) is 7.57. The number of pyridine rings is 1. The first-order chi connectivity index (χ1) is 17.6. The smallest absolute Gasteiger partial charge is 0.174 e. The zero-order chi connectivity index (χ0) is 25.1. The fraction of sp³-hybridized carbons (Fsp3) is 0.185. The molecular formula is C27H24BrClN4O2S. The Bertz CT molecular complexity index is 1370. The molecule has 0 radical (unpaired) electrons. The lowest BCUT2D eigenvalue weighted by Gasteiger charge is -2.29. The molecule has 0 unspecified atom stereocenters. The lowest BCUT2D eigenvalue weighted by atomic mass is 10.0. The number of nitrogens with one attached hydrogen (secondary N) is 1. The standard InChI is InChI=1S/C27H24BrClN4O2S/c1-34-14-15-35-24-11-10-20(17-21(24)29)33-26(25(31-27(33)36)22-8-2-3-12-30-22)23-9-5-13-32(23)19-7-4-6-18(28)16-19/h2-13,16-17,25-26H,14-15H2,1H3,(H,31,36)/t25-,26+/m1/s1. The summed E-state index contributed by atoms with van der Waals surface area (Å²) in [5.41, 5.74) is 3.87. The molecule has 4 aromatic rings. The van der Waals surface area contributed by atoms with E-state index in [1.54, 1.807) is 13.3 Å². The Morgan fingerprint density at radius 3 is 2.67 bits per heavy atom. The molecule has 36 heavy (non-hydrogen) atoms. The van der Waals surface area contributed by atoms with Gasteiger partial charge in [-0.1, -0.05) is 39.7 Å². The second-order valence-corrected chi connectivity index (χ2v) is 9.95. The molecule has 0 aliphatic carbocycles. The molecule has 0 spiro atoms. The number of aromatic nitrogens is 2. The van der Waals surface area contributed by atoms with Crippen LogP contribution < -0.4 is 15.0 Å². The Morgan fingerprint density at radius 1 is 1.03 bits per heavy atom. The van der Waals surface area contributed by atoms with Crippen LogP contribution in [0.5, 0.6) is 5.75 Å². The van der Waals surface area contributed by atoms with Crippen molar-refractivity contribution in [1.29, 1.82) is 0 Å². The summed E-state index contributed by atoms with van der Waals surface area (Å²) >= 11 is 16.1. The number of ether oxygens (including phenoxy) is 2. The topological polar surface area (TPSA) is 51.6 Å². The van der Waals surface area contributed by atoms with Crippen LogP contribution in [0.25, 0.3) is 5.69 Å². The van der Waals surface area contributed by atoms with Crippen molar-refractivity contribution in [3.05, 3.63) is 106 Å². The van der Waals surface area contributed by atoms with Crippen LogP contribution in [0.2, 0.25) is 5.02 Å². The van der Waals surface area contributed by atoms with E-state index in [1.165, 1.54) is 0 Å². The normalized spacial score (nSPS) is 17.3. The van der Waals surface area contributed by atoms with Gasteiger partial charge < -0.3 is 24.3 Å². The quantitative estimate of drug-likeness (QED) is 0.189. The second-order valence-electron chi connectivity index (χ2n) is 8.24. The third kappa shape index (κ3) is 4.99. The van der Waals surface area contributed by atoms with Crippen molar-refractivity contribution < 1.29 is 9.47 Å². The van der Waals surface area contributed by atoms with E-state index in [0.29, 0.717) is 29.1 Å². The van der Waals surface area contributed by atoms with E-state index in [0.717, 1.165) is 27.2 Å². The summed E-state index contributed by atoms with van der Waals surface area (Å²) in [6, 6.07) is 23.7. The van der Waals surface area contributed by atoms with Crippen LogP contribution in [0.4, 0.5) is 5.69 Å². The largest absolute Gasteiger partial charge is 0.490 e. The third-order valence-corrected chi connectivity index (χ3v) is 7.11. The zero-order valence-corrected chi connectivity index (χ0v) is 22.6. The van der Waals surface area contributed by atoms with Crippen molar-refractivity contribution in [3.63, 3.8) is 0 Å². The maximum Gasteiger partial charge on any atom is 0.174 e. The van der Waals surface area contributed by atoms with E-state index in [9.17, 15) is 0 Å². The van der Waals surface area contributed by atoms with Crippen LogP contribution in [0.3, 0.4) is 0 Å². The highest BCUT2D eigenvalue weighted by atomic mass is 79.9. The summed E-state index contributed by atoms with van der Waals surface area (Å²) in [6.07, 6.45) is 3.86. The minimum absolute atomic E-state index is 0.170. The molecule has 2 aromatic carbocycles. The molecule has 0 bridgehead atoms. The maximum absolute atomic E-state index is 6.63. The first-order valence-electron chi connectivity index (χ1n) is 11.4. The fourth-order valence-corrected chi connectivity index (χ4v) is 5.38. The van der Waals surface area contributed by atoms with Gasteiger partial charge in [0.25, 0.3) is 0 Å². The summed E-state index contributed by atoms with van der Waals surface area (Å²) in [5.74, 6) is 0.603. The van der Waals surface area contributed by atoms with E-state index in [1.807, 2.05) is 54.6 Å². The number of nitrogens with zero attached hydrogens (tertiary/aromatic N) is 3. The highest BCUT2D eigenvalue weighted by molar-refractivity contribution is 9.10. The van der Waals surface area contributed by atoms with E-state index in [2.05, 4.69) is 60.1 Å². The number of halogens is 2. The number of anilines is 1. The van der Waals surface area contributed by atoms with Gasteiger partial charge in [0, 0.05) is 41.0 Å². The molecule has 1 aliphatic heterocycles. The van der Waals surface area contributed by atoms with Gasteiger partial charge in [-0.05, 0) is 72.9 Å². The summed E-state index contributed by atoms with van der Waals surface area (Å²) < 4.78 is 14.0. The molecule has 1 fully saturated rings. The van der Waals surface area contributed by atoms with Crippen molar-refractivity contribution in [2.24, 2.45) is 0 Å². The summed E-state index contributed by atoms with van der Waals surface area (Å²) in [5, 5.41) is 4.61. The molecule has 2 aromatic heterocycles. The number of hydrogen-bond acceptors (Lipinski definition) is 4. The van der Waals surface area contributed by atoms with Crippen molar-refractivity contribution in [2.45, 2.75) is 12.1 Å². The van der Waals surface area contributed by atoms with Crippen molar-refractivity contribution >= 4 is 50.5 Å². The molecule has 0 saturated carbocycles. The van der Waals surface area contributed by atoms with E-state index >= 15 is 0 Å². The first-order valence-corrected chi connectivity index (χ1v) is 13.0. The van der Waals surface area contributed by atoms with E-state index < -0.39 is 0 Å². The number of rotatable bonds is 8. The average Bonchev–Trinajstić information content (AvgIpc) is 3.50. The number of benzene rings is 2. The molecule has 6 nitrogen and oxygen atoms in total. The number of thiocarbonyl (C=S) groups is 1. The molecule has 1 N–H and O–H groups in total. The predicted molar refractivity (Wildman–Crippen MR) is 150 cm³/mol. The molecule has 3 heterocycles. The van der Waals surface area contributed by atoms with Crippen molar-refractivity contribution in [2.75, 3.05) is 25.2 Å². The average molecular weight is 584 g/mol. The molecule has 184 valence electrons. The Labute approximate surface area is 228 Å². The van der Waals surface area contributed by atoms with Crippen LogP contribution >= 0.6 is 39.7 Å². The highest BCUT2D eigenvalue weighted by Crippen LogP contribution is 2.43. The Hall–Kier alpha value is -2.91. The molecule has 0 amide bonds. The van der Waals surface area contributed by atoms with Crippen molar-refractivity contribution in [1.82, 2.24) is 14.9 Å². The fourth-order valence-electron chi connectivity index (χ4n) is 4.42.